The van der Waals surface area contributed by atoms with Crippen LogP contribution in [0, 0.1) is 5.92 Å². The highest BCUT2D eigenvalue weighted by Gasteiger charge is 2.27. The van der Waals surface area contributed by atoms with E-state index in [0.29, 0.717) is 0 Å². The molecule has 0 amide bonds. The molecule has 0 heterocycles. The summed E-state index contributed by atoms with van der Waals surface area (Å²) in [6.07, 6.45) is 10.4. The Bertz CT molecular complexity index is 231. The summed E-state index contributed by atoms with van der Waals surface area (Å²) in [5.41, 5.74) is 0. The SMILES string of the molecule is CCCCC(CCCC)CCCSC(C)(C)C(=O)O. The average Bonchev–Trinajstić information content (AvgIpc) is 2.36. The summed E-state index contributed by atoms with van der Waals surface area (Å²) >= 11 is 1.58. The van der Waals surface area contributed by atoms with Crippen LogP contribution in [0.4, 0.5) is 0 Å². The molecule has 0 fully saturated rings. The smallest absolute Gasteiger partial charge is 0.319 e. The van der Waals surface area contributed by atoms with Gasteiger partial charge in [-0.25, -0.2) is 0 Å². The summed E-state index contributed by atoms with van der Waals surface area (Å²) in [6, 6.07) is 0. The molecule has 0 unspecified atom stereocenters. The summed E-state index contributed by atoms with van der Waals surface area (Å²) in [5, 5.41) is 9.06. The van der Waals surface area contributed by atoms with E-state index in [-0.39, 0.29) is 0 Å². The zero-order chi connectivity index (χ0) is 14.7. The summed E-state index contributed by atoms with van der Waals surface area (Å²) in [4.78, 5) is 11.0. The van der Waals surface area contributed by atoms with Crippen LogP contribution in [-0.4, -0.2) is 21.6 Å². The van der Waals surface area contributed by atoms with Crippen molar-refractivity contribution in [3.05, 3.63) is 0 Å². The molecular formula is C16H32O2S. The molecule has 0 spiro atoms. The first kappa shape index (κ1) is 18.8. The minimum Gasteiger partial charge on any atom is -0.480 e. The lowest BCUT2D eigenvalue weighted by molar-refractivity contribution is -0.138. The number of hydrogen-bond donors (Lipinski definition) is 1. The summed E-state index contributed by atoms with van der Waals surface area (Å²) in [7, 11) is 0. The zero-order valence-corrected chi connectivity index (χ0v) is 14.0. The summed E-state index contributed by atoms with van der Waals surface area (Å²) < 4.78 is -0.637. The standard InChI is InChI=1S/C16H32O2S/c1-5-7-10-14(11-8-6-2)12-9-13-19-16(3,4)15(17)18/h14H,5-13H2,1-4H3,(H,17,18). The zero-order valence-electron chi connectivity index (χ0n) is 13.2. The molecule has 0 saturated heterocycles. The number of rotatable bonds is 12. The van der Waals surface area contributed by atoms with Gasteiger partial charge in [-0.3, -0.25) is 4.79 Å². The largest absolute Gasteiger partial charge is 0.480 e. The molecule has 0 bridgehead atoms. The number of thioether (sulfide) groups is 1. The lowest BCUT2D eigenvalue weighted by atomic mass is 9.92. The fourth-order valence-corrected chi connectivity index (χ4v) is 3.12. The highest BCUT2D eigenvalue weighted by Crippen LogP contribution is 2.28. The van der Waals surface area contributed by atoms with Gasteiger partial charge < -0.3 is 5.11 Å². The highest BCUT2D eigenvalue weighted by molar-refractivity contribution is 8.01. The van der Waals surface area contributed by atoms with Crippen LogP contribution in [0.1, 0.15) is 79.1 Å². The molecule has 2 nitrogen and oxygen atoms in total. The second-order valence-electron chi connectivity index (χ2n) is 5.96. The van der Waals surface area contributed by atoms with E-state index in [4.69, 9.17) is 5.11 Å². The summed E-state index contributed by atoms with van der Waals surface area (Å²) in [5.74, 6) is 1.12. The van der Waals surface area contributed by atoms with Gasteiger partial charge in [0.05, 0.1) is 0 Å². The van der Waals surface area contributed by atoms with Crippen molar-refractivity contribution in [1.82, 2.24) is 0 Å². The number of carbonyl (C=O) groups is 1. The fraction of sp³-hybridized carbons (Fsp3) is 0.938. The van der Waals surface area contributed by atoms with Gasteiger partial charge >= 0.3 is 5.97 Å². The Morgan fingerprint density at radius 1 is 1.05 bits per heavy atom. The van der Waals surface area contributed by atoms with E-state index < -0.39 is 10.7 Å². The van der Waals surface area contributed by atoms with Crippen LogP contribution < -0.4 is 0 Å². The number of hydrogen-bond acceptors (Lipinski definition) is 2. The predicted molar refractivity (Wildman–Crippen MR) is 85.9 cm³/mol. The monoisotopic (exact) mass is 288 g/mol. The third kappa shape index (κ3) is 9.37. The molecule has 0 saturated carbocycles. The molecule has 0 aromatic rings. The van der Waals surface area contributed by atoms with Crippen LogP contribution in [0.25, 0.3) is 0 Å². The number of aliphatic carboxylic acids is 1. The van der Waals surface area contributed by atoms with Crippen molar-refractivity contribution in [3.63, 3.8) is 0 Å². The topological polar surface area (TPSA) is 37.3 Å². The molecule has 3 heteroatoms. The van der Waals surface area contributed by atoms with E-state index >= 15 is 0 Å². The van der Waals surface area contributed by atoms with Crippen LogP contribution >= 0.6 is 11.8 Å². The lowest BCUT2D eigenvalue weighted by Crippen LogP contribution is -2.27. The Hall–Kier alpha value is -0.180. The predicted octanol–water partition coefficient (Wildman–Crippen LogP) is 5.36. The molecule has 0 aliphatic rings. The molecule has 0 rings (SSSR count). The maximum Gasteiger partial charge on any atom is 0.319 e. The Morgan fingerprint density at radius 3 is 1.95 bits per heavy atom. The number of unbranched alkanes of at least 4 members (excludes halogenated alkanes) is 2. The molecule has 114 valence electrons. The van der Waals surface area contributed by atoms with E-state index in [9.17, 15) is 4.79 Å². The molecule has 0 radical (unpaired) electrons. The van der Waals surface area contributed by atoms with Crippen molar-refractivity contribution < 1.29 is 9.90 Å². The first-order valence-electron chi connectivity index (χ1n) is 7.81. The van der Waals surface area contributed by atoms with Gasteiger partial charge in [-0.1, -0.05) is 52.4 Å². The van der Waals surface area contributed by atoms with Crippen LogP contribution in [0.3, 0.4) is 0 Å². The van der Waals surface area contributed by atoms with Gasteiger partial charge in [0.2, 0.25) is 0 Å². The van der Waals surface area contributed by atoms with E-state index in [1.54, 1.807) is 25.6 Å². The van der Waals surface area contributed by atoms with Gasteiger partial charge in [-0.2, -0.15) is 0 Å². The van der Waals surface area contributed by atoms with Gasteiger partial charge in [0.1, 0.15) is 4.75 Å². The highest BCUT2D eigenvalue weighted by atomic mass is 32.2. The van der Waals surface area contributed by atoms with Crippen molar-refractivity contribution >= 4 is 17.7 Å². The molecule has 1 N–H and O–H groups in total. The van der Waals surface area contributed by atoms with Gasteiger partial charge in [-0.15, -0.1) is 11.8 Å². The maximum absolute atomic E-state index is 11.0. The lowest BCUT2D eigenvalue weighted by Gasteiger charge is -2.20. The minimum atomic E-state index is -0.703. The third-order valence-electron chi connectivity index (χ3n) is 3.67. The van der Waals surface area contributed by atoms with Crippen LogP contribution in [-0.2, 0) is 4.79 Å². The second-order valence-corrected chi connectivity index (χ2v) is 7.67. The van der Waals surface area contributed by atoms with Crippen molar-refractivity contribution in [3.8, 4) is 0 Å². The fourth-order valence-electron chi connectivity index (χ4n) is 2.18. The molecule has 0 aliphatic carbocycles. The van der Waals surface area contributed by atoms with Crippen LogP contribution in [0.5, 0.6) is 0 Å². The van der Waals surface area contributed by atoms with Crippen LogP contribution in [0.2, 0.25) is 0 Å². The molecule has 0 aromatic carbocycles. The quantitative estimate of drug-likeness (QED) is 0.491. The van der Waals surface area contributed by atoms with E-state index in [1.807, 2.05) is 0 Å². The first-order chi connectivity index (χ1) is 8.94. The Morgan fingerprint density at radius 2 is 1.53 bits per heavy atom. The van der Waals surface area contributed by atoms with Gasteiger partial charge in [0, 0.05) is 0 Å². The van der Waals surface area contributed by atoms with Crippen LogP contribution in [0.15, 0.2) is 0 Å². The van der Waals surface area contributed by atoms with E-state index in [2.05, 4.69) is 13.8 Å². The van der Waals surface area contributed by atoms with E-state index in [0.717, 1.165) is 18.1 Å². The van der Waals surface area contributed by atoms with Crippen molar-refractivity contribution in [2.45, 2.75) is 83.8 Å². The maximum atomic E-state index is 11.0. The Kier molecular flexibility index (Phi) is 10.5. The Balaban J connectivity index is 3.87. The third-order valence-corrected chi connectivity index (χ3v) is 5.06. The average molecular weight is 288 g/mol. The Labute approximate surface area is 123 Å². The van der Waals surface area contributed by atoms with Gasteiger partial charge in [0.15, 0.2) is 0 Å². The van der Waals surface area contributed by atoms with Crippen molar-refractivity contribution in [1.29, 1.82) is 0 Å². The molecule has 19 heavy (non-hydrogen) atoms. The van der Waals surface area contributed by atoms with Crippen molar-refractivity contribution in [2.24, 2.45) is 5.92 Å². The molecule has 0 aliphatic heterocycles. The van der Waals surface area contributed by atoms with Crippen molar-refractivity contribution in [2.75, 3.05) is 5.75 Å². The molecule has 0 atom stereocenters. The first-order valence-corrected chi connectivity index (χ1v) is 8.80. The molecular weight excluding hydrogens is 256 g/mol. The van der Waals surface area contributed by atoms with E-state index in [1.165, 1.54) is 44.9 Å². The number of carboxylic acids is 1. The summed E-state index contributed by atoms with van der Waals surface area (Å²) in [6.45, 7) is 8.10. The van der Waals surface area contributed by atoms with Gasteiger partial charge in [0.25, 0.3) is 0 Å². The molecule has 0 aromatic heterocycles. The minimum absolute atomic E-state index is 0.637. The normalized spacial score (nSPS) is 12.1. The number of carboxylic acid groups (broad SMARTS) is 1. The second kappa shape index (κ2) is 10.6. The van der Waals surface area contributed by atoms with Gasteiger partial charge in [-0.05, 0) is 38.4 Å².